The molecule has 0 N–H and O–H groups in total. The second kappa shape index (κ2) is 3.88. The summed E-state index contributed by atoms with van der Waals surface area (Å²) in [5.74, 6) is 1.09. The van der Waals surface area contributed by atoms with E-state index in [1.807, 2.05) is 18.2 Å². The molecule has 0 aliphatic heterocycles. The molecule has 74 valence electrons. The SMILES string of the molecule is COc1cccc2c1CC[C@@H](I)C2=O. The Hall–Kier alpha value is -0.580. The topological polar surface area (TPSA) is 26.3 Å². The van der Waals surface area contributed by atoms with Gasteiger partial charge in [0, 0.05) is 11.1 Å². The van der Waals surface area contributed by atoms with Crippen molar-refractivity contribution in [3.63, 3.8) is 0 Å². The van der Waals surface area contributed by atoms with Crippen molar-refractivity contribution in [3.05, 3.63) is 29.3 Å². The van der Waals surface area contributed by atoms with E-state index in [4.69, 9.17) is 4.74 Å². The van der Waals surface area contributed by atoms with Crippen LogP contribution >= 0.6 is 22.6 Å². The lowest BCUT2D eigenvalue weighted by Crippen LogP contribution is -2.22. The first-order valence-corrected chi connectivity index (χ1v) is 5.82. The molecule has 0 amide bonds. The zero-order valence-electron chi connectivity index (χ0n) is 7.92. The molecular weight excluding hydrogens is 291 g/mol. The number of carbonyl (C=O) groups is 1. The second-order valence-electron chi connectivity index (χ2n) is 3.36. The number of alkyl halides is 1. The van der Waals surface area contributed by atoms with Gasteiger partial charge in [-0.3, -0.25) is 4.79 Å². The van der Waals surface area contributed by atoms with Crippen molar-refractivity contribution in [2.75, 3.05) is 7.11 Å². The molecule has 0 heterocycles. The van der Waals surface area contributed by atoms with Crippen LogP contribution < -0.4 is 4.74 Å². The number of hydrogen-bond donors (Lipinski definition) is 0. The van der Waals surface area contributed by atoms with Gasteiger partial charge in [0.1, 0.15) is 5.75 Å². The first-order chi connectivity index (χ1) is 6.74. The van der Waals surface area contributed by atoms with Crippen LogP contribution in [0.25, 0.3) is 0 Å². The molecule has 0 radical (unpaired) electrons. The van der Waals surface area contributed by atoms with Gasteiger partial charge in [-0.15, -0.1) is 0 Å². The van der Waals surface area contributed by atoms with Gasteiger partial charge in [0.25, 0.3) is 0 Å². The van der Waals surface area contributed by atoms with E-state index in [2.05, 4.69) is 22.6 Å². The Balaban J connectivity index is 2.52. The van der Waals surface area contributed by atoms with Crippen LogP contribution in [-0.2, 0) is 6.42 Å². The molecule has 1 aromatic carbocycles. The lowest BCUT2D eigenvalue weighted by Gasteiger charge is -2.20. The number of halogens is 1. The van der Waals surface area contributed by atoms with E-state index < -0.39 is 0 Å². The second-order valence-corrected chi connectivity index (χ2v) is 4.86. The maximum atomic E-state index is 11.8. The summed E-state index contributed by atoms with van der Waals surface area (Å²) in [4.78, 5) is 11.8. The Labute approximate surface area is 96.8 Å². The first-order valence-electron chi connectivity index (χ1n) is 4.58. The van der Waals surface area contributed by atoms with Crippen molar-refractivity contribution in [3.8, 4) is 5.75 Å². The zero-order chi connectivity index (χ0) is 10.1. The van der Waals surface area contributed by atoms with Crippen molar-refractivity contribution in [1.29, 1.82) is 0 Å². The Kier molecular flexibility index (Phi) is 2.76. The number of hydrogen-bond acceptors (Lipinski definition) is 2. The van der Waals surface area contributed by atoms with Crippen LogP contribution in [0.1, 0.15) is 22.3 Å². The molecule has 0 spiro atoms. The van der Waals surface area contributed by atoms with E-state index in [0.717, 1.165) is 29.7 Å². The third-order valence-electron chi connectivity index (χ3n) is 2.55. The van der Waals surface area contributed by atoms with Crippen LogP contribution in [0.2, 0.25) is 0 Å². The van der Waals surface area contributed by atoms with Crippen molar-refractivity contribution >= 4 is 28.4 Å². The first kappa shape index (κ1) is 9.96. The van der Waals surface area contributed by atoms with E-state index in [0.29, 0.717) is 0 Å². The number of ether oxygens (including phenoxy) is 1. The van der Waals surface area contributed by atoms with Crippen LogP contribution in [0, 0.1) is 0 Å². The van der Waals surface area contributed by atoms with Crippen molar-refractivity contribution < 1.29 is 9.53 Å². The van der Waals surface area contributed by atoms with Gasteiger partial charge in [0.05, 0.1) is 11.0 Å². The van der Waals surface area contributed by atoms with Crippen molar-refractivity contribution in [2.24, 2.45) is 0 Å². The highest BCUT2D eigenvalue weighted by Crippen LogP contribution is 2.31. The Morgan fingerprint density at radius 1 is 1.50 bits per heavy atom. The number of fused-ring (bicyclic) bond motifs is 1. The van der Waals surface area contributed by atoms with Gasteiger partial charge in [0.2, 0.25) is 0 Å². The summed E-state index contributed by atoms with van der Waals surface area (Å²) in [5, 5.41) is 0. The number of Topliss-reactive ketones (excluding diaryl/α,β-unsaturated/α-hetero) is 1. The summed E-state index contributed by atoms with van der Waals surface area (Å²) in [7, 11) is 1.65. The van der Waals surface area contributed by atoms with E-state index >= 15 is 0 Å². The lowest BCUT2D eigenvalue weighted by atomic mass is 9.90. The van der Waals surface area contributed by atoms with Crippen molar-refractivity contribution in [2.45, 2.75) is 16.8 Å². The molecule has 0 saturated heterocycles. The minimum absolute atomic E-state index is 0.132. The third-order valence-corrected chi connectivity index (χ3v) is 3.74. The van der Waals surface area contributed by atoms with Gasteiger partial charge in [-0.2, -0.15) is 0 Å². The average Bonchev–Trinajstić information content (AvgIpc) is 2.23. The molecule has 0 aromatic heterocycles. The van der Waals surface area contributed by atoms with E-state index in [1.54, 1.807) is 7.11 Å². The third kappa shape index (κ3) is 1.54. The molecule has 1 atom stereocenters. The van der Waals surface area contributed by atoms with Crippen molar-refractivity contribution in [1.82, 2.24) is 0 Å². The Bertz CT molecular complexity index is 374. The van der Waals surface area contributed by atoms with Crippen LogP contribution in [0.15, 0.2) is 18.2 Å². The molecule has 0 bridgehead atoms. The molecule has 3 heteroatoms. The number of ketones is 1. The predicted molar refractivity (Wildman–Crippen MR) is 63.5 cm³/mol. The molecule has 0 fully saturated rings. The molecule has 1 aromatic rings. The molecular formula is C11H11IO2. The number of benzene rings is 1. The van der Waals surface area contributed by atoms with Gasteiger partial charge in [-0.1, -0.05) is 34.7 Å². The maximum absolute atomic E-state index is 11.8. The van der Waals surface area contributed by atoms with Gasteiger partial charge < -0.3 is 4.74 Å². The van der Waals surface area contributed by atoms with Gasteiger partial charge in [-0.05, 0) is 18.9 Å². The Morgan fingerprint density at radius 3 is 3.00 bits per heavy atom. The van der Waals surface area contributed by atoms with Crippen LogP contribution in [-0.4, -0.2) is 16.8 Å². The normalized spacial score (nSPS) is 20.4. The van der Waals surface area contributed by atoms with Crippen LogP contribution in [0.4, 0.5) is 0 Å². The molecule has 2 nitrogen and oxygen atoms in total. The maximum Gasteiger partial charge on any atom is 0.176 e. The molecule has 2 rings (SSSR count). The van der Waals surface area contributed by atoms with E-state index in [9.17, 15) is 4.79 Å². The molecule has 0 unspecified atom stereocenters. The standard InChI is InChI=1S/C11H11IO2/c1-14-10-4-2-3-8-7(10)5-6-9(12)11(8)13/h2-4,9H,5-6H2,1H3/t9-/m1/s1. The fraction of sp³-hybridized carbons (Fsp3) is 0.364. The van der Waals surface area contributed by atoms with Gasteiger partial charge in [-0.25, -0.2) is 0 Å². The van der Waals surface area contributed by atoms with Gasteiger partial charge >= 0.3 is 0 Å². The monoisotopic (exact) mass is 302 g/mol. The quantitative estimate of drug-likeness (QED) is 0.589. The minimum atomic E-state index is 0.132. The highest BCUT2D eigenvalue weighted by atomic mass is 127. The average molecular weight is 302 g/mol. The summed E-state index contributed by atoms with van der Waals surface area (Å²) in [6, 6.07) is 5.69. The largest absolute Gasteiger partial charge is 0.496 e. The highest BCUT2D eigenvalue weighted by molar-refractivity contribution is 14.1. The lowest BCUT2D eigenvalue weighted by molar-refractivity contribution is 0.0984. The zero-order valence-corrected chi connectivity index (χ0v) is 10.1. The van der Waals surface area contributed by atoms with E-state index in [-0.39, 0.29) is 9.71 Å². The Morgan fingerprint density at radius 2 is 2.29 bits per heavy atom. The van der Waals surface area contributed by atoms with Gasteiger partial charge in [0.15, 0.2) is 5.78 Å². The molecule has 1 aliphatic rings. The predicted octanol–water partition coefficient (Wildman–Crippen LogP) is 2.63. The molecule has 1 aliphatic carbocycles. The highest BCUT2D eigenvalue weighted by Gasteiger charge is 2.26. The summed E-state index contributed by atoms with van der Waals surface area (Å²) in [6.07, 6.45) is 1.87. The summed E-state index contributed by atoms with van der Waals surface area (Å²) < 4.78 is 5.37. The fourth-order valence-electron chi connectivity index (χ4n) is 1.82. The van der Waals surface area contributed by atoms with E-state index in [1.165, 1.54) is 0 Å². The number of carbonyl (C=O) groups excluding carboxylic acids is 1. The summed E-state index contributed by atoms with van der Waals surface area (Å²) in [6.45, 7) is 0. The number of methoxy groups -OCH3 is 1. The summed E-state index contributed by atoms with van der Waals surface area (Å²) in [5.41, 5.74) is 1.92. The fourth-order valence-corrected chi connectivity index (χ4v) is 2.46. The molecule has 0 saturated carbocycles. The number of rotatable bonds is 1. The van der Waals surface area contributed by atoms with Crippen LogP contribution in [0.3, 0.4) is 0 Å². The summed E-state index contributed by atoms with van der Waals surface area (Å²) >= 11 is 2.21. The minimum Gasteiger partial charge on any atom is -0.496 e. The van der Waals surface area contributed by atoms with Crippen LogP contribution in [0.5, 0.6) is 5.75 Å². The smallest absolute Gasteiger partial charge is 0.176 e. The molecule has 14 heavy (non-hydrogen) atoms.